The number of benzene rings is 1. The molecule has 0 radical (unpaired) electrons. The Hall–Kier alpha value is -2.29. The molecule has 6 nitrogen and oxygen atoms in total. The Kier molecular flexibility index (Phi) is 7.69. The number of amides is 2. The van der Waals surface area contributed by atoms with Crippen molar-refractivity contribution in [1.82, 2.24) is 15.5 Å². The largest absolute Gasteiger partial charge is 0.481 e. The van der Waals surface area contributed by atoms with E-state index in [1.165, 1.54) is 6.07 Å². The van der Waals surface area contributed by atoms with Gasteiger partial charge < -0.3 is 20.6 Å². The summed E-state index contributed by atoms with van der Waals surface area (Å²) >= 11 is 0. The number of urea groups is 1. The lowest BCUT2D eigenvalue weighted by Crippen LogP contribution is -2.40. The van der Waals surface area contributed by atoms with Gasteiger partial charge in [0.05, 0.1) is 11.6 Å². The zero-order valence-corrected chi connectivity index (χ0v) is 14.1. The van der Waals surface area contributed by atoms with Crippen LogP contribution in [0, 0.1) is 0 Å². The van der Waals surface area contributed by atoms with Crippen molar-refractivity contribution in [3.05, 3.63) is 35.4 Å². The van der Waals surface area contributed by atoms with Gasteiger partial charge in [0.25, 0.3) is 0 Å². The van der Waals surface area contributed by atoms with Gasteiger partial charge in [0, 0.05) is 19.5 Å². The van der Waals surface area contributed by atoms with Crippen LogP contribution >= 0.6 is 0 Å². The molecule has 0 aliphatic heterocycles. The van der Waals surface area contributed by atoms with Gasteiger partial charge in [-0.05, 0) is 38.2 Å². The summed E-state index contributed by atoms with van der Waals surface area (Å²) in [6.45, 7) is 0.313. The summed E-state index contributed by atoms with van der Waals surface area (Å²) in [4.78, 5) is 23.8. The first-order chi connectivity index (χ1) is 11.6. The normalized spacial score (nSPS) is 12.7. The predicted octanol–water partition coefficient (Wildman–Crippen LogP) is 2.47. The van der Waals surface area contributed by atoms with Gasteiger partial charge >= 0.3 is 18.2 Å². The number of carboxylic acids is 1. The van der Waals surface area contributed by atoms with E-state index in [9.17, 15) is 22.8 Å². The molecular formula is C16H22F3N3O3. The fourth-order valence-corrected chi connectivity index (χ4v) is 2.21. The molecule has 0 aromatic heterocycles. The van der Waals surface area contributed by atoms with Crippen molar-refractivity contribution in [3.63, 3.8) is 0 Å². The number of rotatable bonds is 8. The number of likely N-dealkylation sites (N-methyl/N-ethyl adjacent to an activating group) is 1. The minimum Gasteiger partial charge on any atom is -0.481 e. The van der Waals surface area contributed by atoms with Crippen molar-refractivity contribution in [1.29, 1.82) is 0 Å². The quantitative estimate of drug-likeness (QED) is 0.622. The first-order valence-electron chi connectivity index (χ1n) is 7.68. The number of hydrogen-bond donors (Lipinski definition) is 3. The molecule has 1 aromatic carbocycles. The van der Waals surface area contributed by atoms with Gasteiger partial charge in [0.15, 0.2) is 0 Å². The van der Waals surface area contributed by atoms with Crippen molar-refractivity contribution < 1.29 is 27.9 Å². The minimum atomic E-state index is -4.43. The third kappa shape index (κ3) is 7.42. The van der Waals surface area contributed by atoms with Crippen LogP contribution in [0.15, 0.2) is 24.3 Å². The van der Waals surface area contributed by atoms with E-state index in [0.29, 0.717) is 12.0 Å². The van der Waals surface area contributed by atoms with Crippen LogP contribution in [0.5, 0.6) is 0 Å². The number of hydrogen-bond acceptors (Lipinski definition) is 3. The SMILES string of the molecule is CN(C)C(CNC(=O)NCCCC(=O)O)c1cccc(C(F)(F)F)c1. The van der Waals surface area contributed by atoms with Gasteiger partial charge in [-0.2, -0.15) is 13.2 Å². The number of halogens is 3. The van der Waals surface area contributed by atoms with Crippen LogP contribution < -0.4 is 10.6 Å². The summed E-state index contributed by atoms with van der Waals surface area (Å²) in [6, 6.07) is 4.04. The Morgan fingerprint density at radius 1 is 1.24 bits per heavy atom. The summed E-state index contributed by atoms with van der Waals surface area (Å²) in [5, 5.41) is 13.6. The lowest BCUT2D eigenvalue weighted by atomic mass is 10.0. The van der Waals surface area contributed by atoms with Crippen molar-refractivity contribution in [2.24, 2.45) is 0 Å². The Morgan fingerprint density at radius 2 is 1.92 bits per heavy atom. The highest BCUT2D eigenvalue weighted by Gasteiger charge is 2.31. The molecule has 140 valence electrons. The molecule has 1 atom stereocenters. The Labute approximate surface area is 144 Å². The fraction of sp³-hybridized carbons (Fsp3) is 0.500. The van der Waals surface area contributed by atoms with E-state index >= 15 is 0 Å². The fourth-order valence-electron chi connectivity index (χ4n) is 2.21. The molecule has 1 unspecified atom stereocenters. The number of alkyl halides is 3. The zero-order valence-electron chi connectivity index (χ0n) is 14.1. The summed E-state index contributed by atoms with van der Waals surface area (Å²) in [7, 11) is 3.41. The topological polar surface area (TPSA) is 81.7 Å². The average Bonchev–Trinajstić information content (AvgIpc) is 2.51. The van der Waals surface area contributed by atoms with E-state index in [-0.39, 0.29) is 19.5 Å². The van der Waals surface area contributed by atoms with Crippen molar-refractivity contribution in [2.45, 2.75) is 25.1 Å². The van der Waals surface area contributed by atoms with Crippen LogP contribution in [0.25, 0.3) is 0 Å². The second-order valence-corrected chi connectivity index (χ2v) is 5.74. The summed E-state index contributed by atoms with van der Waals surface area (Å²) in [5.74, 6) is -0.945. The van der Waals surface area contributed by atoms with Crippen LogP contribution in [-0.4, -0.2) is 49.2 Å². The van der Waals surface area contributed by atoms with Gasteiger partial charge in [-0.15, -0.1) is 0 Å². The first kappa shape index (κ1) is 20.8. The molecule has 0 bridgehead atoms. The highest BCUT2D eigenvalue weighted by atomic mass is 19.4. The third-order valence-corrected chi connectivity index (χ3v) is 3.53. The molecule has 0 saturated heterocycles. The smallest absolute Gasteiger partial charge is 0.416 e. The third-order valence-electron chi connectivity index (χ3n) is 3.53. The van der Waals surface area contributed by atoms with E-state index in [1.54, 1.807) is 25.1 Å². The second-order valence-electron chi connectivity index (χ2n) is 5.74. The van der Waals surface area contributed by atoms with E-state index in [1.807, 2.05) is 0 Å². The molecule has 0 heterocycles. The van der Waals surface area contributed by atoms with Crippen LogP contribution in [0.2, 0.25) is 0 Å². The molecule has 0 fully saturated rings. The number of nitrogens with zero attached hydrogens (tertiary/aromatic N) is 1. The van der Waals surface area contributed by atoms with E-state index in [2.05, 4.69) is 10.6 Å². The molecule has 9 heteroatoms. The minimum absolute atomic E-state index is 0.0508. The van der Waals surface area contributed by atoms with Gasteiger partial charge in [0.2, 0.25) is 0 Å². The number of carboxylic acid groups (broad SMARTS) is 1. The van der Waals surface area contributed by atoms with Crippen LogP contribution in [0.4, 0.5) is 18.0 Å². The maximum atomic E-state index is 12.8. The standard InChI is InChI=1S/C16H22F3N3O3/c1-22(2)13(10-21-15(25)20-8-4-7-14(23)24)11-5-3-6-12(9-11)16(17,18)19/h3,5-6,9,13H,4,7-8,10H2,1-2H3,(H,23,24)(H2,20,21,25). The van der Waals surface area contributed by atoms with Crippen LogP contribution in [-0.2, 0) is 11.0 Å². The molecule has 1 aromatic rings. The monoisotopic (exact) mass is 361 g/mol. The van der Waals surface area contributed by atoms with E-state index < -0.39 is 29.8 Å². The van der Waals surface area contributed by atoms with Gasteiger partial charge in [-0.3, -0.25) is 4.79 Å². The molecule has 0 saturated carbocycles. The van der Waals surface area contributed by atoms with E-state index in [4.69, 9.17) is 5.11 Å². The van der Waals surface area contributed by atoms with Crippen LogP contribution in [0.1, 0.15) is 30.0 Å². The molecule has 3 N–H and O–H groups in total. The Morgan fingerprint density at radius 3 is 2.48 bits per heavy atom. The van der Waals surface area contributed by atoms with Gasteiger partial charge in [0.1, 0.15) is 0 Å². The van der Waals surface area contributed by atoms with Gasteiger partial charge in [-0.25, -0.2) is 4.79 Å². The number of carbonyl (C=O) groups is 2. The second kappa shape index (κ2) is 9.26. The van der Waals surface area contributed by atoms with Crippen LogP contribution in [0.3, 0.4) is 0 Å². The summed E-state index contributed by atoms with van der Waals surface area (Å²) < 4.78 is 38.5. The number of aliphatic carboxylic acids is 1. The number of carbonyl (C=O) groups excluding carboxylic acids is 1. The molecule has 0 aliphatic rings. The molecule has 2 amide bonds. The van der Waals surface area contributed by atoms with E-state index in [0.717, 1.165) is 12.1 Å². The lowest BCUT2D eigenvalue weighted by molar-refractivity contribution is -0.138. The average molecular weight is 361 g/mol. The summed E-state index contributed by atoms with van der Waals surface area (Å²) in [6.07, 6.45) is -4.18. The molecule has 1 rings (SSSR count). The Bertz CT molecular complexity index is 591. The highest BCUT2D eigenvalue weighted by molar-refractivity contribution is 5.74. The Balaban J connectivity index is 2.63. The molecule has 25 heavy (non-hydrogen) atoms. The first-order valence-corrected chi connectivity index (χ1v) is 7.68. The molecular weight excluding hydrogens is 339 g/mol. The van der Waals surface area contributed by atoms with Crippen molar-refractivity contribution in [3.8, 4) is 0 Å². The molecule has 0 spiro atoms. The number of nitrogens with one attached hydrogen (secondary N) is 2. The molecule has 0 aliphatic carbocycles. The van der Waals surface area contributed by atoms with Crippen molar-refractivity contribution >= 4 is 12.0 Å². The highest BCUT2D eigenvalue weighted by Crippen LogP contribution is 2.31. The summed E-state index contributed by atoms with van der Waals surface area (Å²) in [5.41, 5.74) is -0.305. The lowest BCUT2D eigenvalue weighted by Gasteiger charge is -2.26. The van der Waals surface area contributed by atoms with Gasteiger partial charge in [-0.1, -0.05) is 12.1 Å². The van der Waals surface area contributed by atoms with Crippen molar-refractivity contribution in [2.75, 3.05) is 27.2 Å². The maximum Gasteiger partial charge on any atom is 0.416 e. The predicted molar refractivity (Wildman–Crippen MR) is 86.1 cm³/mol. The maximum absolute atomic E-state index is 12.8. The zero-order chi connectivity index (χ0) is 19.0.